The maximum absolute atomic E-state index is 5.29. The van der Waals surface area contributed by atoms with Crippen LogP contribution in [0.1, 0.15) is 30.3 Å². The van der Waals surface area contributed by atoms with Crippen LogP contribution in [0.3, 0.4) is 0 Å². The molecular weight excluding hydrogens is 282 g/mol. The zero-order valence-corrected chi connectivity index (χ0v) is 14.1. The van der Waals surface area contributed by atoms with Crippen LogP contribution in [0.25, 0.3) is 0 Å². The fraction of sp³-hybridized carbons (Fsp3) is 0.438. The lowest BCUT2D eigenvalue weighted by atomic mass is 10.1. The summed E-state index contributed by atoms with van der Waals surface area (Å²) < 4.78 is 5.29. The molecule has 5 heteroatoms. The second-order valence-corrected chi connectivity index (χ2v) is 6.31. The quantitative estimate of drug-likeness (QED) is 0.881. The van der Waals surface area contributed by atoms with Gasteiger partial charge >= 0.3 is 0 Å². The number of thiazole rings is 1. The highest BCUT2D eigenvalue weighted by Gasteiger charge is 2.17. The molecule has 2 rings (SSSR count). The van der Waals surface area contributed by atoms with E-state index in [2.05, 4.69) is 30.1 Å². The summed E-state index contributed by atoms with van der Waals surface area (Å²) in [6.07, 6.45) is 0. The van der Waals surface area contributed by atoms with Crippen molar-refractivity contribution in [1.82, 2.24) is 10.3 Å². The van der Waals surface area contributed by atoms with Gasteiger partial charge in [-0.15, -0.1) is 0 Å². The lowest BCUT2D eigenvalue weighted by Crippen LogP contribution is -2.09. The van der Waals surface area contributed by atoms with Crippen LogP contribution in [0, 0.1) is 0 Å². The first kappa shape index (κ1) is 15.8. The average Bonchev–Trinajstić information content (AvgIpc) is 2.91. The monoisotopic (exact) mass is 305 g/mol. The van der Waals surface area contributed by atoms with Gasteiger partial charge in [0.2, 0.25) is 0 Å². The summed E-state index contributed by atoms with van der Waals surface area (Å²) in [6, 6.07) is 8.03. The Morgan fingerprint density at radius 2 is 2.14 bits per heavy atom. The number of anilines is 2. The van der Waals surface area contributed by atoms with Crippen molar-refractivity contribution in [2.75, 3.05) is 26.1 Å². The maximum Gasteiger partial charge on any atom is 0.190 e. The summed E-state index contributed by atoms with van der Waals surface area (Å²) >= 11 is 1.74. The lowest BCUT2D eigenvalue weighted by molar-refractivity contribution is 0.415. The number of nitrogens with zero attached hydrogens (tertiary/aromatic N) is 2. The summed E-state index contributed by atoms with van der Waals surface area (Å²) in [5.41, 5.74) is 2.26. The molecule has 114 valence electrons. The van der Waals surface area contributed by atoms with E-state index in [1.165, 1.54) is 10.6 Å². The Labute approximate surface area is 130 Å². The molecule has 2 aromatic rings. The summed E-state index contributed by atoms with van der Waals surface area (Å²) in [5, 5.41) is 4.23. The number of aromatic nitrogens is 1. The number of hydrogen-bond donors (Lipinski definition) is 1. The van der Waals surface area contributed by atoms with Crippen LogP contribution in [0.4, 0.5) is 10.8 Å². The molecule has 21 heavy (non-hydrogen) atoms. The minimum absolute atomic E-state index is 0.428. The van der Waals surface area contributed by atoms with E-state index >= 15 is 0 Å². The maximum atomic E-state index is 5.29. The molecule has 0 radical (unpaired) electrons. The SMILES string of the molecule is CNCc1sc(N(C)c2cccc(OC)c2)nc1C(C)C. The summed E-state index contributed by atoms with van der Waals surface area (Å²) in [6.45, 7) is 5.23. The molecular formula is C16H23N3OS. The first-order valence-electron chi connectivity index (χ1n) is 7.08. The largest absolute Gasteiger partial charge is 0.497 e. The molecule has 0 saturated heterocycles. The van der Waals surface area contributed by atoms with Crippen LogP contribution in [-0.4, -0.2) is 26.2 Å². The molecule has 0 saturated carbocycles. The Morgan fingerprint density at radius 1 is 1.38 bits per heavy atom. The Kier molecular flexibility index (Phi) is 5.20. The predicted molar refractivity (Wildman–Crippen MR) is 90.0 cm³/mol. The van der Waals surface area contributed by atoms with Crippen molar-refractivity contribution < 1.29 is 4.74 Å². The normalized spacial score (nSPS) is 11.0. The zero-order chi connectivity index (χ0) is 15.4. The molecule has 0 spiro atoms. The lowest BCUT2D eigenvalue weighted by Gasteiger charge is -2.16. The molecule has 1 aromatic heterocycles. The van der Waals surface area contributed by atoms with Gasteiger partial charge in [-0.2, -0.15) is 0 Å². The van der Waals surface area contributed by atoms with Crippen LogP contribution in [0.15, 0.2) is 24.3 Å². The molecule has 1 aromatic carbocycles. The van der Waals surface area contributed by atoms with Crippen molar-refractivity contribution in [3.8, 4) is 5.75 Å². The fourth-order valence-electron chi connectivity index (χ4n) is 2.16. The third-order valence-electron chi connectivity index (χ3n) is 3.33. The van der Waals surface area contributed by atoms with Gasteiger partial charge in [-0.05, 0) is 25.1 Å². The van der Waals surface area contributed by atoms with E-state index in [1.54, 1.807) is 18.4 Å². The molecule has 0 amide bonds. The van der Waals surface area contributed by atoms with E-state index in [0.29, 0.717) is 5.92 Å². The molecule has 4 nitrogen and oxygen atoms in total. The minimum atomic E-state index is 0.428. The molecule has 1 N–H and O–H groups in total. The van der Waals surface area contributed by atoms with E-state index in [-0.39, 0.29) is 0 Å². The second kappa shape index (κ2) is 6.91. The van der Waals surface area contributed by atoms with Crippen LogP contribution < -0.4 is 15.0 Å². The van der Waals surface area contributed by atoms with Crippen LogP contribution in [-0.2, 0) is 6.54 Å². The molecule has 0 fully saturated rings. The average molecular weight is 305 g/mol. The van der Waals surface area contributed by atoms with Crippen molar-refractivity contribution in [2.24, 2.45) is 0 Å². The molecule has 0 aliphatic carbocycles. The molecule has 0 aliphatic rings. The van der Waals surface area contributed by atoms with Gasteiger partial charge in [0.1, 0.15) is 5.75 Å². The van der Waals surface area contributed by atoms with Gasteiger partial charge in [0, 0.05) is 30.2 Å². The van der Waals surface area contributed by atoms with Gasteiger partial charge in [0.25, 0.3) is 0 Å². The number of hydrogen-bond acceptors (Lipinski definition) is 5. The van der Waals surface area contributed by atoms with Crippen molar-refractivity contribution in [1.29, 1.82) is 0 Å². The van der Waals surface area contributed by atoms with E-state index in [1.807, 2.05) is 32.3 Å². The number of nitrogens with one attached hydrogen (secondary N) is 1. The number of benzene rings is 1. The highest BCUT2D eigenvalue weighted by molar-refractivity contribution is 7.15. The topological polar surface area (TPSA) is 37.4 Å². The third kappa shape index (κ3) is 3.54. The highest BCUT2D eigenvalue weighted by Crippen LogP contribution is 2.34. The molecule has 0 aliphatic heterocycles. The van der Waals surface area contributed by atoms with Crippen molar-refractivity contribution in [3.63, 3.8) is 0 Å². The smallest absolute Gasteiger partial charge is 0.190 e. The molecule has 0 bridgehead atoms. The van der Waals surface area contributed by atoms with Gasteiger partial charge in [0.05, 0.1) is 12.8 Å². The van der Waals surface area contributed by atoms with Crippen LogP contribution in [0.5, 0.6) is 5.75 Å². The van der Waals surface area contributed by atoms with Gasteiger partial charge in [-0.1, -0.05) is 31.3 Å². The molecule has 0 atom stereocenters. The first-order valence-corrected chi connectivity index (χ1v) is 7.90. The van der Waals surface area contributed by atoms with Crippen LogP contribution >= 0.6 is 11.3 Å². The summed E-state index contributed by atoms with van der Waals surface area (Å²) in [7, 11) is 5.69. The Morgan fingerprint density at radius 3 is 2.76 bits per heavy atom. The third-order valence-corrected chi connectivity index (χ3v) is 4.48. The van der Waals surface area contributed by atoms with E-state index in [9.17, 15) is 0 Å². The standard InChI is InChI=1S/C16H23N3OS/c1-11(2)15-14(10-17-3)21-16(18-15)19(4)12-7-6-8-13(9-12)20-5/h6-9,11,17H,10H2,1-5H3. The fourth-order valence-corrected chi connectivity index (χ4v) is 3.37. The van der Waals surface area contributed by atoms with Crippen LogP contribution in [0.2, 0.25) is 0 Å². The Hall–Kier alpha value is -1.59. The van der Waals surface area contributed by atoms with E-state index in [0.717, 1.165) is 23.1 Å². The summed E-state index contributed by atoms with van der Waals surface area (Å²) in [5.74, 6) is 1.28. The number of rotatable bonds is 6. The zero-order valence-electron chi connectivity index (χ0n) is 13.3. The number of ether oxygens (including phenoxy) is 1. The predicted octanol–water partition coefficient (Wildman–Crippen LogP) is 3.76. The first-order chi connectivity index (χ1) is 10.1. The summed E-state index contributed by atoms with van der Waals surface area (Å²) in [4.78, 5) is 8.24. The van der Waals surface area contributed by atoms with E-state index < -0.39 is 0 Å². The van der Waals surface area contributed by atoms with Crippen molar-refractivity contribution >= 4 is 22.2 Å². The highest BCUT2D eigenvalue weighted by atomic mass is 32.1. The minimum Gasteiger partial charge on any atom is -0.497 e. The van der Waals surface area contributed by atoms with Crippen molar-refractivity contribution in [2.45, 2.75) is 26.3 Å². The van der Waals surface area contributed by atoms with Crippen molar-refractivity contribution in [3.05, 3.63) is 34.8 Å². The Bertz CT molecular complexity index is 595. The van der Waals surface area contributed by atoms with Gasteiger partial charge in [-0.3, -0.25) is 0 Å². The molecule has 0 unspecified atom stereocenters. The Balaban J connectivity index is 2.33. The van der Waals surface area contributed by atoms with Gasteiger partial charge in [0.15, 0.2) is 5.13 Å². The van der Waals surface area contributed by atoms with Gasteiger partial charge < -0.3 is 15.0 Å². The molecule has 1 heterocycles. The van der Waals surface area contributed by atoms with E-state index in [4.69, 9.17) is 9.72 Å². The van der Waals surface area contributed by atoms with Gasteiger partial charge in [-0.25, -0.2) is 4.98 Å². The number of methoxy groups -OCH3 is 1. The second-order valence-electron chi connectivity index (χ2n) is 5.25.